The zero-order chi connectivity index (χ0) is 14.4. The van der Waals surface area contributed by atoms with Gasteiger partial charge < -0.3 is 5.32 Å². The Morgan fingerprint density at radius 1 is 1.20 bits per heavy atom. The van der Waals surface area contributed by atoms with Crippen LogP contribution in [0.1, 0.15) is 30.6 Å². The average Bonchev–Trinajstić information content (AvgIpc) is 2.45. The number of rotatable bonds is 6. The van der Waals surface area contributed by atoms with Crippen LogP contribution in [0, 0.1) is 0 Å². The molecule has 0 fully saturated rings. The van der Waals surface area contributed by atoms with Gasteiger partial charge in [-0.2, -0.15) is 0 Å². The minimum atomic E-state index is 0.222. The molecule has 1 atom stereocenters. The number of pyridine rings is 1. The zero-order valence-corrected chi connectivity index (χ0v) is 14.6. The van der Waals surface area contributed by atoms with Gasteiger partial charge in [0.15, 0.2) is 0 Å². The Morgan fingerprint density at radius 2 is 1.95 bits per heavy atom. The van der Waals surface area contributed by atoms with Crippen molar-refractivity contribution in [1.29, 1.82) is 0 Å². The van der Waals surface area contributed by atoms with E-state index in [0.29, 0.717) is 0 Å². The second kappa shape index (κ2) is 7.91. The monoisotopic (exact) mass is 396 g/mol. The molecule has 20 heavy (non-hydrogen) atoms. The number of benzene rings is 1. The molecule has 106 valence electrons. The molecule has 2 aromatic rings. The van der Waals surface area contributed by atoms with E-state index in [9.17, 15) is 0 Å². The number of nitrogens with zero attached hydrogens (tertiary/aromatic N) is 1. The van der Waals surface area contributed by atoms with Gasteiger partial charge in [0.05, 0.1) is 11.7 Å². The lowest BCUT2D eigenvalue weighted by Crippen LogP contribution is -2.25. The second-order valence-electron chi connectivity index (χ2n) is 4.72. The van der Waals surface area contributed by atoms with Crippen LogP contribution in [-0.2, 0) is 6.42 Å². The summed E-state index contributed by atoms with van der Waals surface area (Å²) in [5, 5.41) is 3.59. The Labute approximate surface area is 137 Å². The fourth-order valence-electron chi connectivity index (χ4n) is 2.12. The highest BCUT2D eigenvalue weighted by Gasteiger charge is 2.16. The zero-order valence-electron chi connectivity index (χ0n) is 11.4. The van der Waals surface area contributed by atoms with Crippen molar-refractivity contribution in [1.82, 2.24) is 10.3 Å². The smallest absolute Gasteiger partial charge is 0.0719 e. The van der Waals surface area contributed by atoms with Gasteiger partial charge in [0.2, 0.25) is 0 Å². The van der Waals surface area contributed by atoms with Crippen molar-refractivity contribution >= 4 is 31.9 Å². The number of hydrogen-bond donors (Lipinski definition) is 1. The van der Waals surface area contributed by atoms with E-state index in [4.69, 9.17) is 0 Å². The third kappa shape index (κ3) is 4.40. The van der Waals surface area contributed by atoms with Gasteiger partial charge >= 0.3 is 0 Å². The molecule has 0 saturated carbocycles. The van der Waals surface area contributed by atoms with E-state index in [0.717, 1.165) is 34.0 Å². The summed E-state index contributed by atoms with van der Waals surface area (Å²) in [6, 6.07) is 12.8. The maximum Gasteiger partial charge on any atom is 0.0719 e. The van der Waals surface area contributed by atoms with Crippen LogP contribution in [-0.4, -0.2) is 11.5 Å². The summed E-state index contributed by atoms with van der Waals surface area (Å²) in [6.07, 6.45) is 3.90. The molecule has 2 nitrogen and oxygen atoms in total. The molecule has 0 bridgehead atoms. The third-order valence-corrected chi connectivity index (χ3v) is 4.16. The molecule has 1 aromatic carbocycles. The molecular formula is C16H18Br2N2. The molecule has 4 heteroatoms. The Kier molecular flexibility index (Phi) is 6.20. The van der Waals surface area contributed by atoms with E-state index in [-0.39, 0.29) is 6.04 Å². The summed E-state index contributed by atoms with van der Waals surface area (Å²) in [5.41, 5.74) is 2.38. The summed E-state index contributed by atoms with van der Waals surface area (Å²) >= 11 is 7.07. The molecule has 0 aliphatic rings. The van der Waals surface area contributed by atoms with Crippen LogP contribution in [0.4, 0.5) is 0 Å². The van der Waals surface area contributed by atoms with E-state index < -0.39 is 0 Å². The molecule has 1 heterocycles. The van der Waals surface area contributed by atoms with Gasteiger partial charge in [-0.15, -0.1) is 0 Å². The first kappa shape index (κ1) is 15.7. The van der Waals surface area contributed by atoms with Crippen molar-refractivity contribution in [2.45, 2.75) is 25.8 Å². The second-order valence-corrected chi connectivity index (χ2v) is 6.49. The van der Waals surface area contributed by atoms with Crippen molar-refractivity contribution in [3.63, 3.8) is 0 Å². The van der Waals surface area contributed by atoms with Gasteiger partial charge in [-0.05, 0) is 62.9 Å². The molecule has 2 rings (SSSR count). The van der Waals surface area contributed by atoms with Gasteiger partial charge in [0.25, 0.3) is 0 Å². The normalized spacial score (nSPS) is 12.3. The summed E-state index contributed by atoms with van der Waals surface area (Å²) < 4.78 is 2.03. The number of nitrogens with one attached hydrogen (secondary N) is 1. The van der Waals surface area contributed by atoms with Crippen molar-refractivity contribution < 1.29 is 0 Å². The fourth-order valence-corrected chi connectivity index (χ4v) is 3.38. The van der Waals surface area contributed by atoms with E-state index >= 15 is 0 Å². The first-order chi connectivity index (χ1) is 9.70. The molecule has 0 aliphatic carbocycles. The molecular weight excluding hydrogens is 380 g/mol. The minimum absolute atomic E-state index is 0.222. The van der Waals surface area contributed by atoms with Crippen LogP contribution in [0.25, 0.3) is 0 Å². The minimum Gasteiger partial charge on any atom is -0.308 e. The molecule has 0 saturated heterocycles. The molecule has 1 aromatic heterocycles. The molecule has 1 N–H and O–H groups in total. The van der Waals surface area contributed by atoms with Crippen molar-refractivity contribution in [2.75, 3.05) is 6.54 Å². The quantitative estimate of drug-likeness (QED) is 0.750. The summed E-state index contributed by atoms with van der Waals surface area (Å²) in [4.78, 5) is 4.57. The SMILES string of the molecule is CCCNC(Cc1ccccc1)c1ncc(Br)cc1Br. The summed E-state index contributed by atoms with van der Waals surface area (Å²) in [6.45, 7) is 3.16. The fraction of sp³-hybridized carbons (Fsp3) is 0.312. The highest BCUT2D eigenvalue weighted by Crippen LogP contribution is 2.26. The predicted octanol–water partition coefficient (Wildman–Crippen LogP) is 4.89. The number of hydrogen-bond acceptors (Lipinski definition) is 2. The van der Waals surface area contributed by atoms with E-state index in [1.165, 1.54) is 5.56 Å². The first-order valence-electron chi connectivity index (χ1n) is 6.79. The average molecular weight is 398 g/mol. The van der Waals surface area contributed by atoms with E-state index in [1.54, 1.807) is 0 Å². The highest BCUT2D eigenvalue weighted by atomic mass is 79.9. The first-order valence-corrected chi connectivity index (χ1v) is 8.37. The maximum absolute atomic E-state index is 4.57. The van der Waals surface area contributed by atoms with Crippen LogP contribution in [0.5, 0.6) is 0 Å². The Bertz CT molecular complexity index is 543. The molecule has 1 unspecified atom stereocenters. The molecule has 0 amide bonds. The lowest BCUT2D eigenvalue weighted by molar-refractivity contribution is 0.516. The highest BCUT2D eigenvalue weighted by molar-refractivity contribution is 9.11. The molecule has 0 spiro atoms. The van der Waals surface area contributed by atoms with Gasteiger partial charge in [-0.25, -0.2) is 0 Å². The maximum atomic E-state index is 4.57. The van der Waals surface area contributed by atoms with E-state index in [1.807, 2.05) is 18.3 Å². The van der Waals surface area contributed by atoms with Gasteiger partial charge in [0, 0.05) is 15.1 Å². The lowest BCUT2D eigenvalue weighted by atomic mass is 10.0. The van der Waals surface area contributed by atoms with Gasteiger partial charge in [-0.3, -0.25) is 4.98 Å². The number of aromatic nitrogens is 1. The Hall–Kier alpha value is -0.710. The van der Waals surface area contributed by atoms with E-state index in [2.05, 4.69) is 73.3 Å². The Balaban J connectivity index is 2.22. The predicted molar refractivity (Wildman–Crippen MR) is 90.8 cm³/mol. The van der Waals surface area contributed by atoms with Crippen molar-refractivity contribution in [2.24, 2.45) is 0 Å². The third-order valence-electron chi connectivity index (χ3n) is 3.09. The van der Waals surface area contributed by atoms with Crippen molar-refractivity contribution in [3.05, 3.63) is 62.8 Å². The largest absolute Gasteiger partial charge is 0.308 e. The standard InChI is InChI=1S/C16H18Br2N2/c1-2-8-19-15(9-12-6-4-3-5-7-12)16-14(18)10-13(17)11-20-16/h3-7,10-11,15,19H,2,8-9H2,1H3. The van der Waals surface area contributed by atoms with Crippen molar-refractivity contribution in [3.8, 4) is 0 Å². The molecule has 0 aliphatic heterocycles. The van der Waals surface area contributed by atoms with Crippen LogP contribution in [0.3, 0.4) is 0 Å². The van der Waals surface area contributed by atoms with Gasteiger partial charge in [-0.1, -0.05) is 37.3 Å². The summed E-state index contributed by atoms with van der Waals surface area (Å²) in [7, 11) is 0. The topological polar surface area (TPSA) is 24.9 Å². The van der Waals surface area contributed by atoms with Crippen LogP contribution >= 0.6 is 31.9 Å². The van der Waals surface area contributed by atoms with Crippen LogP contribution in [0.2, 0.25) is 0 Å². The van der Waals surface area contributed by atoms with Crippen LogP contribution in [0.15, 0.2) is 51.5 Å². The number of halogens is 2. The lowest BCUT2D eigenvalue weighted by Gasteiger charge is -2.19. The van der Waals surface area contributed by atoms with Gasteiger partial charge in [0.1, 0.15) is 0 Å². The summed E-state index contributed by atoms with van der Waals surface area (Å²) in [5.74, 6) is 0. The molecule has 0 radical (unpaired) electrons. The Morgan fingerprint density at radius 3 is 2.60 bits per heavy atom. The van der Waals surface area contributed by atoms with Crippen LogP contribution < -0.4 is 5.32 Å².